The smallest absolute Gasteiger partial charge is 0.222 e. The number of carbonyl (C=O) groups is 1. The maximum Gasteiger partial charge on any atom is 0.222 e. The molecule has 0 atom stereocenters. The molecule has 6 nitrogen and oxygen atoms in total. The lowest BCUT2D eigenvalue weighted by Crippen LogP contribution is -2.49. The Kier molecular flexibility index (Phi) is 8.89. The molecule has 0 saturated carbocycles. The Morgan fingerprint density at radius 2 is 1.86 bits per heavy atom. The van der Waals surface area contributed by atoms with Gasteiger partial charge in [0, 0.05) is 45.2 Å². The molecule has 6 heteroatoms. The molecule has 22 heavy (non-hydrogen) atoms. The summed E-state index contributed by atoms with van der Waals surface area (Å²) in [5.74, 6) is 0.950. The number of hydrogen-bond acceptors (Lipinski definition) is 3. The summed E-state index contributed by atoms with van der Waals surface area (Å²) in [5, 5.41) is 9.63. The summed E-state index contributed by atoms with van der Waals surface area (Å²) in [6.07, 6.45) is 3.54. The first-order valence-corrected chi connectivity index (χ1v) is 8.54. The average Bonchev–Trinajstić information content (AvgIpc) is 2.51. The Morgan fingerprint density at radius 1 is 1.23 bits per heavy atom. The molecule has 3 N–H and O–H groups in total. The third kappa shape index (κ3) is 7.11. The van der Waals surface area contributed by atoms with Gasteiger partial charge in [-0.05, 0) is 25.8 Å². The van der Waals surface area contributed by atoms with Crippen molar-refractivity contribution in [3.63, 3.8) is 0 Å². The van der Waals surface area contributed by atoms with Crippen molar-refractivity contribution in [2.75, 3.05) is 39.8 Å². The molecule has 0 aromatic carbocycles. The van der Waals surface area contributed by atoms with E-state index in [0.717, 1.165) is 31.9 Å². The molecule has 0 aliphatic carbocycles. The van der Waals surface area contributed by atoms with E-state index in [0.29, 0.717) is 19.1 Å². The summed E-state index contributed by atoms with van der Waals surface area (Å²) in [6.45, 7) is 10.9. The summed E-state index contributed by atoms with van der Waals surface area (Å²) in [4.78, 5) is 18.2. The Morgan fingerprint density at radius 3 is 2.41 bits per heavy atom. The summed E-state index contributed by atoms with van der Waals surface area (Å²) in [7, 11) is 1.79. The molecular weight excluding hydrogens is 278 g/mol. The van der Waals surface area contributed by atoms with E-state index in [1.54, 1.807) is 7.05 Å². The van der Waals surface area contributed by atoms with E-state index in [4.69, 9.17) is 0 Å². The van der Waals surface area contributed by atoms with Crippen molar-refractivity contribution in [1.82, 2.24) is 20.9 Å². The number of nitrogens with zero attached hydrogens (tertiary/aromatic N) is 2. The minimum Gasteiger partial charge on any atom is -0.355 e. The molecule has 1 amide bonds. The van der Waals surface area contributed by atoms with Crippen LogP contribution in [0.15, 0.2) is 4.99 Å². The molecule has 0 bridgehead atoms. The quantitative estimate of drug-likeness (QED) is 0.369. The average molecular weight is 311 g/mol. The minimum atomic E-state index is 0.0331. The number of nitrogens with one attached hydrogen (secondary N) is 3. The lowest BCUT2D eigenvalue weighted by molar-refractivity contribution is -0.123. The third-order valence-corrected chi connectivity index (χ3v) is 3.93. The molecule has 1 aliphatic rings. The van der Waals surface area contributed by atoms with Gasteiger partial charge in [-0.1, -0.05) is 20.8 Å². The maximum atomic E-state index is 11.5. The van der Waals surface area contributed by atoms with Crippen molar-refractivity contribution in [1.29, 1.82) is 0 Å². The van der Waals surface area contributed by atoms with Crippen LogP contribution in [0.25, 0.3) is 0 Å². The van der Waals surface area contributed by atoms with Gasteiger partial charge in [0.1, 0.15) is 0 Å². The molecule has 1 heterocycles. The number of carbonyl (C=O) groups excluding carboxylic acids is 1. The first-order chi connectivity index (χ1) is 10.6. The van der Waals surface area contributed by atoms with E-state index in [2.05, 4.69) is 32.8 Å². The van der Waals surface area contributed by atoms with Crippen LogP contribution in [0.2, 0.25) is 0 Å². The van der Waals surface area contributed by atoms with Crippen molar-refractivity contribution in [3.8, 4) is 0 Å². The standard InChI is InChI=1S/C16H33N5O/c1-5-10-21-11-6-14(7-12-21)20-16(17-4)19-9-8-18-15(22)13(2)3/h13-14H,5-12H2,1-4H3,(H,18,22)(H2,17,19,20). The van der Waals surface area contributed by atoms with Gasteiger partial charge in [-0.3, -0.25) is 9.79 Å². The summed E-state index contributed by atoms with van der Waals surface area (Å²) >= 11 is 0. The topological polar surface area (TPSA) is 68.8 Å². The van der Waals surface area contributed by atoms with Gasteiger partial charge in [0.05, 0.1) is 0 Å². The number of hydrogen-bond donors (Lipinski definition) is 3. The number of aliphatic imine (C=N–C) groups is 1. The molecule has 128 valence electrons. The molecule has 0 aromatic rings. The first-order valence-electron chi connectivity index (χ1n) is 8.54. The molecule has 0 aromatic heterocycles. The van der Waals surface area contributed by atoms with Crippen LogP contribution in [0.5, 0.6) is 0 Å². The van der Waals surface area contributed by atoms with Crippen LogP contribution in [0.1, 0.15) is 40.0 Å². The van der Waals surface area contributed by atoms with E-state index >= 15 is 0 Å². The van der Waals surface area contributed by atoms with E-state index in [1.165, 1.54) is 13.0 Å². The first kappa shape index (κ1) is 18.7. The van der Waals surface area contributed by atoms with Gasteiger partial charge in [0.2, 0.25) is 5.91 Å². The van der Waals surface area contributed by atoms with Gasteiger partial charge in [-0.15, -0.1) is 0 Å². The lowest BCUT2D eigenvalue weighted by Gasteiger charge is -2.32. The van der Waals surface area contributed by atoms with Gasteiger partial charge < -0.3 is 20.9 Å². The van der Waals surface area contributed by atoms with E-state index in [9.17, 15) is 4.79 Å². The number of amides is 1. The van der Waals surface area contributed by atoms with E-state index < -0.39 is 0 Å². The highest BCUT2D eigenvalue weighted by molar-refractivity contribution is 5.80. The summed E-state index contributed by atoms with van der Waals surface area (Å²) in [5.41, 5.74) is 0. The minimum absolute atomic E-state index is 0.0331. The lowest BCUT2D eigenvalue weighted by atomic mass is 10.1. The zero-order chi connectivity index (χ0) is 16.4. The highest BCUT2D eigenvalue weighted by atomic mass is 16.1. The number of piperidine rings is 1. The predicted octanol–water partition coefficient (Wildman–Crippen LogP) is 0.798. The second-order valence-electron chi connectivity index (χ2n) is 6.20. The predicted molar refractivity (Wildman–Crippen MR) is 92.1 cm³/mol. The monoisotopic (exact) mass is 311 g/mol. The Hall–Kier alpha value is -1.30. The van der Waals surface area contributed by atoms with Gasteiger partial charge in [-0.2, -0.15) is 0 Å². The normalized spacial score (nSPS) is 17.6. The van der Waals surface area contributed by atoms with Crippen molar-refractivity contribution in [2.45, 2.75) is 46.1 Å². The van der Waals surface area contributed by atoms with Crippen molar-refractivity contribution in [2.24, 2.45) is 10.9 Å². The molecule has 1 rings (SSSR count). The fourth-order valence-electron chi connectivity index (χ4n) is 2.58. The van der Waals surface area contributed by atoms with Crippen LogP contribution in [0.3, 0.4) is 0 Å². The van der Waals surface area contributed by atoms with E-state index in [-0.39, 0.29) is 11.8 Å². The third-order valence-electron chi connectivity index (χ3n) is 3.93. The number of likely N-dealkylation sites (tertiary alicyclic amines) is 1. The Labute approximate surface area is 135 Å². The Bertz CT molecular complexity index is 348. The molecule has 0 spiro atoms. The van der Waals surface area contributed by atoms with Gasteiger partial charge >= 0.3 is 0 Å². The van der Waals surface area contributed by atoms with E-state index in [1.807, 2.05) is 13.8 Å². The number of guanidine groups is 1. The van der Waals surface area contributed by atoms with Crippen LogP contribution >= 0.6 is 0 Å². The second-order valence-corrected chi connectivity index (χ2v) is 6.20. The molecule has 1 aliphatic heterocycles. The zero-order valence-corrected chi connectivity index (χ0v) is 14.6. The van der Waals surface area contributed by atoms with Crippen molar-refractivity contribution >= 4 is 11.9 Å². The second kappa shape index (κ2) is 10.4. The fraction of sp³-hybridized carbons (Fsp3) is 0.875. The van der Waals surface area contributed by atoms with Crippen molar-refractivity contribution in [3.05, 3.63) is 0 Å². The van der Waals surface area contributed by atoms with Crippen LogP contribution < -0.4 is 16.0 Å². The fourth-order valence-corrected chi connectivity index (χ4v) is 2.58. The zero-order valence-electron chi connectivity index (χ0n) is 14.6. The molecule has 1 saturated heterocycles. The molecule has 1 fully saturated rings. The molecule has 0 radical (unpaired) electrons. The van der Waals surface area contributed by atoms with Crippen molar-refractivity contribution < 1.29 is 4.79 Å². The molecule has 0 unspecified atom stereocenters. The van der Waals surface area contributed by atoms with Crippen LogP contribution in [-0.2, 0) is 4.79 Å². The van der Waals surface area contributed by atoms with Crippen LogP contribution in [0, 0.1) is 5.92 Å². The largest absolute Gasteiger partial charge is 0.355 e. The Balaban J connectivity index is 2.19. The van der Waals surface area contributed by atoms with Gasteiger partial charge in [0.15, 0.2) is 5.96 Å². The maximum absolute atomic E-state index is 11.5. The SMILES string of the molecule is CCCN1CCC(NC(=NC)NCCNC(=O)C(C)C)CC1. The highest BCUT2D eigenvalue weighted by Crippen LogP contribution is 2.10. The summed E-state index contributed by atoms with van der Waals surface area (Å²) < 4.78 is 0. The van der Waals surface area contributed by atoms with Crippen LogP contribution in [-0.4, -0.2) is 62.6 Å². The van der Waals surface area contributed by atoms with Gasteiger partial charge in [0.25, 0.3) is 0 Å². The number of rotatable bonds is 7. The summed E-state index contributed by atoms with van der Waals surface area (Å²) in [6, 6.07) is 0.490. The molecular formula is C16H33N5O. The highest BCUT2D eigenvalue weighted by Gasteiger charge is 2.19. The van der Waals surface area contributed by atoms with Gasteiger partial charge in [-0.25, -0.2) is 0 Å². The van der Waals surface area contributed by atoms with Crippen LogP contribution in [0.4, 0.5) is 0 Å².